The number of rotatable bonds is 6. The van der Waals surface area contributed by atoms with E-state index < -0.39 is 20.8 Å². The van der Waals surface area contributed by atoms with Crippen LogP contribution in [0.3, 0.4) is 0 Å². The molecule has 0 fully saturated rings. The molecule has 148 valence electrons. The molecule has 0 bridgehead atoms. The van der Waals surface area contributed by atoms with Crippen LogP contribution in [0, 0.1) is 15.9 Å². The SMILES string of the molecule is O=[N+]([O-])c1cc(C=Nc2ccc(S(=O)(=O)Nc3ccc(F)cc3)cc2)ccc1Cl. The van der Waals surface area contributed by atoms with Crippen LogP contribution in [0.15, 0.2) is 76.6 Å². The van der Waals surface area contributed by atoms with Crippen LogP contribution in [0.2, 0.25) is 5.02 Å². The number of nitrogens with one attached hydrogen (secondary N) is 1. The van der Waals surface area contributed by atoms with Gasteiger partial charge in [0.2, 0.25) is 0 Å². The number of anilines is 1. The Hall–Kier alpha value is -3.30. The number of nitro benzene ring substituents is 1. The maximum absolute atomic E-state index is 12.9. The van der Waals surface area contributed by atoms with Gasteiger partial charge in [0.1, 0.15) is 10.8 Å². The Labute approximate surface area is 170 Å². The van der Waals surface area contributed by atoms with Gasteiger partial charge in [-0.25, -0.2) is 12.8 Å². The van der Waals surface area contributed by atoms with Crippen molar-refractivity contribution in [1.29, 1.82) is 0 Å². The molecular formula is C19H13ClFN3O4S. The second-order valence-electron chi connectivity index (χ2n) is 5.83. The molecular weight excluding hydrogens is 421 g/mol. The lowest BCUT2D eigenvalue weighted by Crippen LogP contribution is -2.12. The van der Waals surface area contributed by atoms with Crippen molar-refractivity contribution in [2.75, 3.05) is 4.72 Å². The molecule has 0 saturated carbocycles. The lowest BCUT2D eigenvalue weighted by molar-refractivity contribution is -0.384. The normalized spacial score (nSPS) is 11.5. The molecule has 0 saturated heterocycles. The van der Waals surface area contributed by atoms with Crippen LogP contribution >= 0.6 is 11.6 Å². The van der Waals surface area contributed by atoms with Crippen molar-refractivity contribution in [3.8, 4) is 0 Å². The Kier molecular flexibility index (Phi) is 5.90. The van der Waals surface area contributed by atoms with Gasteiger partial charge in [-0.3, -0.25) is 19.8 Å². The third-order valence-electron chi connectivity index (χ3n) is 3.77. The maximum Gasteiger partial charge on any atom is 0.288 e. The Bertz CT molecular complexity index is 1180. The van der Waals surface area contributed by atoms with Gasteiger partial charge in [-0.15, -0.1) is 0 Å². The lowest BCUT2D eigenvalue weighted by Gasteiger charge is -2.08. The average molecular weight is 434 g/mol. The number of nitro groups is 1. The van der Waals surface area contributed by atoms with Crippen LogP contribution in [-0.2, 0) is 10.0 Å². The van der Waals surface area contributed by atoms with E-state index in [0.717, 1.165) is 12.1 Å². The zero-order valence-corrected chi connectivity index (χ0v) is 16.2. The molecule has 0 unspecified atom stereocenters. The van der Waals surface area contributed by atoms with Gasteiger partial charge in [0.15, 0.2) is 0 Å². The standard InChI is InChI=1S/C19H13ClFN3O4S/c20-18-10-1-13(11-19(18)24(25)26)12-22-15-6-8-17(9-7-15)29(27,28)23-16-4-2-14(21)3-5-16/h1-12,23H. The molecule has 7 nitrogen and oxygen atoms in total. The molecule has 10 heteroatoms. The van der Waals surface area contributed by atoms with Gasteiger partial charge in [-0.2, -0.15) is 0 Å². The van der Waals surface area contributed by atoms with Crippen molar-refractivity contribution in [1.82, 2.24) is 0 Å². The number of benzene rings is 3. The molecule has 3 rings (SSSR count). The highest BCUT2D eigenvalue weighted by molar-refractivity contribution is 7.92. The summed E-state index contributed by atoms with van der Waals surface area (Å²) in [7, 11) is -3.84. The Morgan fingerprint density at radius 2 is 1.69 bits per heavy atom. The molecule has 0 amide bonds. The molecule has 0 atom stereocenters. The molecule has 0 aliphatic carbocycles. The van der Waals surface area contributed by atoms with Crippen molar-refractivity contribution in [2.24, 2.45) is 4.99 Å². The molecule has 0 aliphatic heterocycles. The molecule has 29 heavy (non-hydrogen) atoms. The lowest BCUT2D eigenvalue weighted by atomic mass is 10.2. The van der Waals surface area contributed by atoms with Crippen molar-refractivity contribution < 1.29 is 17.7 Å². The number of hydrogen-bond acceptors (Lipinski definition) is 5. The van der Waals surface area contributed by atoms with Gasteiger partial charge in [0, 0.05) is 18.0 Å². The summed E-state index contributed by atoms with van der Waals surface area (Å²) < 4.78 is 40.1. The summed E-state index contributed by atoms with van der Waals surface area (Å²) in [6.07, 6.45) is 1.41. The van der Waals surface area contributed by atoms with Crippen molar-refractivity contribution in [2.45, 2.75) is 4.90 Å². The van der Waals surface area contributed by atoms with Crippen LogP contribution in [0.1, 0.15) is 5.56 Å². The second-order valence-corrected chi connectivity index (χ2v) is 7.92. The fraction of sp³-hybridized carbons (Fsp3) is 0. The van der Waals surface area contributed by atoms with E-state index in [2.05, 4.69) is 9.71 Å². The largest absolute Gasteiger partial charge is 0.288 e. The molecule has 1 N–H and O–H groups in total. The van der Waals surface area contributed by atoms with Crippen LogP contribution in [0.5, 0.6) is 0 Å². The maximum atomic E-state index is 12.9. The molecule has 0 radical (unpaired) electrons. The summed E-state index contributed by atoms with van der Waals surface area (Å²) in [4.78, 5) is 14.5. The van der Waals surface area contributed by atoms with E-state index in [0.29, 0.717) is 11.3 Å². The first kappa shape index (κ1) is 20.4. The molecule has 0 aromatic heterocycles. The fourth-order valence-corrected chi connectivity index (χ4v) is 3.59. The van der Waals surface area contributed by atoms with Gasteiger partial charge >= 0.3 is 0 Å². The summed E-state index contributed by atoms with van der Waals surface area (Å²) in [5.74, 6) is -0.471. The van der Waals surface area contributed by atoms with E-state index >= 15 is 0 Å². The molecule has 0 aliphatic rings. The number of hydrogen-bond donors (Lipinski definition) is 1. The summed E-state index contributed by atoms with van der Waals surface area (Å²) in [5.41, 5.74) is 0.917. The van der Waals surface area contributed by atoms with Gasteiger partial charge in [-0.1, -0.05) is 17.7 Å². The van der Waals surface area contributed by atoms with Crippen molar-refractivity contribution in [3.05, 3.63) is 93.2 Å². The monoisotopic (exact) mass is 433 g/mol. The molecule has 0 heterocycles. The summed E-state index contributed by atoms with van der Waals surface area (Å²) in [5, 5.41) is 10.9. The van der Waals surface area contributed by atoms with Crippen LogP contribution in [-0.4, -0.2) is 19.6 Å². The highest BCUT2D eigenvalue weighted by Crippen LogP contribution is 2.25. The quantitative estimate of drug-likeness (QED) is 0.338. The summed E-state index contributed by atoms with van der Waals surface area (Å²) >= 11 is 5.77. The summed E-state index contributed by atoms with van der Waals surface area (Å²) in [6, 6.07) is 14.9. The Balaban J connectivity index is 1.76. The number of nitrogens with zero attached hydrogens (tertiary/aromatic N) is 2. The minimum absolute atomic E-state index is 0.00269. The first-order valence-electron chi connectivity index (χ1n) is 8.11. The third kappa shape index (κ3) is 5.15. The van der Waals surface area contributed by atoms with Crippen LogP contribution < -0.4 is 4.72 Å². The minimum Gasteiger partial charge on any atom is -0.280 e. The van der Waals surface area contributed by atoms with Gasteiger partial charge < -0.3 is 0 Å². The van der Waals surface area contributed by atoms with Crippen molar-refractivity contribution in [3.63, 3.8) is 0 Å². The highest BCUT2D eigenvalue weighted by atomic mass is 35.5. The fourth-order valence-electron chi connectivity index (χ4n) is 2.34. The topological polar surface area (TPSA) is 102 Å². The summed E-state index contributed by atoms with van der Waals surface area (Å²) in [6.45, 7) is 0. The number of aliphatic imine (C=N–C) groups is 1. The van der Waals surface area contributed by atoms with Gasteiger partial charge in [0.25, 0.3) is 15.7 Å². The van der Waals surface area contributed by atoms with E-state index in [9.17, 15) is 22.9 Å². The van der Waals surface area contributed by atoms with E-state index in [1.165, 1.54) is 54.7 Å². The first-order valence-corrected chi connectivity index (χ1v) is 9.97. The predicted molar refractivity (Wildman–Crippen MR) is 109 cm³/mol. The zero-order valence-electron chi connectivity index (χ0n) is 14.6. The predicted octanol–water partition coefficient (Wildman–Crippen LogP) is 4.94. The zero-order chi connectivity index (χ0) is 21.0. The van der Waals surface area contributed by atoms with Crippen molar-refractivity contribution >= 4 is 44.9 Å². The van der Waals surface area contributed by atoms with Gasteiger partial charge in [0.05, 0.1) is 15.5 Å². The number of halogens is 2. The average Bonchev–Trinajstić information content (AvgIpc) is 2.69. The van der Waals surface area contributed by atoms with E-state index in [-0.39, 0.29) is 21.3 Å². The first-order chi connectivity index (χ1) is 13.7. The van der Waals surface area contributed by atoms with Gasteiger partial charge in [-0.05, 0) is 60.2 Å². The molecule has 3 aromatic carbocycles. The smallest absolute Gasteiger partial charge is 0.280 e. The van der Waals surface area contributed by atoms with E-state index in [1.807, 2.05) is 0 Å². The van der Waals surface area contributed by atoms with E-state index in [1.54, 1.807) is 6.07 Å². The Morgan fingerprint density at radius 3 is 2.31 bits per heavy atom. The van der Waals surface area contributed by atoms with Crippen LogP contribution in [0.25, 0.3) is 0 Å². The Morgan fingerprint density at radius 1 is 1.03 bits per heavy atom. The minimum atomic E-state index is -3.84. The van der Waals surface area contributed by atoms with Crippen LogP contribution in [0.4, 0.5) is 21.5 Å². The molecule has 3 aromatic rings. The number of sulfonamides is 1. The third-order valence-corrected chi connectivity index (χ3v) is 5.49. The van der Waals surface area contributed by atoms with E-state index in [4.69, 9.17) is 11.6 Å². The molecule has 0 spiro atoms. The highest BCUT2D eigenvalue weighted by Gasteiger charge is 2.14. The second kappa shape index (κ2) is 8.38.